The average molecular weight is 281 g/mol. The summed E-state index contributed by atoms with van der Waals surface area (Å²) < 4.78 is 5.21. The Morgan fingerprint density at radius 1 is 1.24 bits per heavy atom. The Balaban J connectivity index is 1.85. The number of ether oxygens (including phenoxy) is 1. The number of rotatable bonds is 4. The molecule has 1 N–H and O–H groups in total. The fraction of sp³-hybridized carbons (Fsp3) is 0.278. The van der Waals surface area contributed by atoms with Crippen LogP contribution in [-0.4, -0.2) is 19.4 Å². The molecular weight excluding hydrogens is 262 g/mol. The molecule has 0 saturated heterocycles. The SMILES string of the molecule is COc1cccc(CC(=O)c2cccc3c2CCNC3)c1. The number of methoxy groups -OCH3 is 1. The number of carbonyl (C=O) groups excluding carboxylic acids is 1. The fourth-order valence-corrected chi connectivity index (χ4v) is 2.86. The Morgan fingerprint density at radius 2 is 2.10 bits per heavy atom. The van der Waals surface area contributed by atoms with Crippen LogP contribution in [-0.2, 0) is 19.4 Å². The van der Waals surface area contributed by atoms with Crippen molar-refractivity contribution in [1.29, 1.82) is 0 Å². The molecule has 108 valence electrons. The van der Waals surface area contributed by atoms with Crippen molar-refractivity contribution in [2.75, 3.05) is 13.7 Å². The molecule has 3 nitrogen and oxygen atoms in total. The third kappa shape index (κ3) is 2.98. The van der Waals surface area contributed by atoms with Gasteiger partial charge in [-0.3, -0.25) is 4.79 Å². The van der Waals surface area contributed by atoms with Gasteiger partial charge in [0.2, 0.25) is 0 Å². The molecule has 0 unspecified atom stereocenters. The number of hydrogen-bond donors (Lipinski definition) is 1. The van der Waals surface area contributed by atoms with Gasteiger partial charge in [0.25, 0.3) is 0 Å². The topological polar surface area (TPSA) is 38.3 Å². The first-order valence-electron chi connectivity index (χ1n) is 7.25. The molecule has 1 aliphatic heterocycles. The molecule has 0 amide bonds. The zero-order chi connectivity index (χ0) is 14.7. The minimum Gasteiger partial charge on any atom is -0.497 e. The quantitative estimate of drug-likeness (QED) is 0.876. The monoisotopic (exact) mass is 281 g/mol. The maximum atomic E-state index is 12.6. The van der Waals surface area contributed by atoms with E-state index in [0.717, 1.165) is 36.4 Å². The first kappa shape index (κ1) is 13.8. The highest BCUT2D eigenvalue weighted by Gasteiger charge is 2.17. The summed E-state index contributed by atoms with van der Waals surface area (Å²) in [6, 6.07) is 13.7. The second-order valence-electron chi connectivity index (χ2n) is 5.32. The van der Waals surface area contributed by atoms with Crippen molar-refractivity contribution in [2.24, 2.45) is 0 Å². The predicted octanol–water partition coefficient (Wildman–Crippen LogP) is 2.77. The van der Waals surface area contributed by atoms with Crippen LogP contribution in [0.25, 0.3) is 0 Å². The Hall–Kier alpha value is -2.13. The van der Waals surface area contributed by atoms with Crippen molar-refractivity contribution in [3.8, 4) is 5.75 Å². The van der Waals surface area contributed by atoms with Crippen LogP contribution in [0.5, 0.6) is 5.75 Å². The highest BCUT2D eigenvalue weighted by Crippen LogP contribution is 2.21. The van der Waals surface area contributed by atoms with Gasteiger partial charge in [-0.05, 0) is 41.8 Å². The number of carbonyl (C=O) groups is 1. The van der Waals surface area contributed by atoms with Crippen molar-refractivity contribution in [2.45, 2.75) is 19.4 Å². The van der Waals surface area contributed by atoms with E-state index in [0.29, 0.717) is 6.42 Å². The Kier molecular flexibility index (Phi) is 4.02. The molecule has 0 aliphatic carbocycles. The van der Waals surface area contributed by atoms with Crippen molar-refractivity contribution >= 4 is 5.78 Å². The lowest BCUT2D eigenvalue weighted by atomic mass is 9.91. The number of fused-ring (bicyclic) bond motifs is 1. The molecule has 21 heavy (non-hydrogen) atoms. The van der Waals surface area contributed by atoms with Crippen LogP contribution in [0.3, 0.4) is 0 Å². The molecule has 0 bridgehead atoms. The summed E-state index contributed by atoms with van der Waals surface area (Å²) in [5, 5.41) is 3.34. The van der Waals surface area contributed by atoms with Crippen molar-refractivity contribution in [3.05, 3.63) is 64.7 Å². The van der Waals surface area contributed by atoms with Gasteiger partial charge in [-0.25, -0.2) is 0 Å². The lowest BCUT2D eigenvalue weighted by Crippen LogP contribution is -2.25. The minimum atomic E-state index is 0.182. The molecular formula is C18H19NO2. The van der Waals surface area contributed by atoms with Crippen molar-refractivity contribution < 1.29 is 9.53 Å². The van der Waals surface area contributed by atoms with Gasteiger partial charge in [0, 0.05) is 18.5 Å². The van der Waals surface area contributed by atoms with Crippen LogP contribution < -0.4 is 10.1 Å². The first-order chi connectivity index (χ1) is 10.3. The Labute approximate surface area is 124 Å². The van der Waals surface area contributed by atoms with Crippen LogP contribution in [0, 0.1) is 0 Å². The lowest BCUT2D eigenvalue weighted by Gasteiger charge is -2.19. The third-order valence-electron chi connectivity index (χ3n) is 3.94. The van der Waals surface area contributed by atoms with Crippen molar-refractivity contribution in [3.63, 3.8) is 0 Å². The third-order valence-corrected chi connectivity index (χ3v) is 3.94. The second-order valence-corrected chi connectivity index (χ2v) is 5.32. The molecule has 0 radical (unpaired) electrons. The zero-order valence-corrected chi connectivity index (χ0v) is 12.2. The minimum absolute atomic E-state index is 0.182. The van der Waals surface area contributed by atoms with Crippen LogP contribution >= 0.6 is 0 Å². The van der Waals surface area contributed by atoms with Crippen molar-refractivity contribution in [1.82, 2.24) is 5.32 Å². The van der Waals surface area contributed by atoms with Gasteiger partial charge < -0.3 is 10.1 Å². The van der Waals surface area contributed by atoms with Gasteiger partial charge >= 0.3 is 0 Å². The van der Waals surface area contributed by atoms with Crippen LogP contribution in [0.1, 0.15) is 27.0 Å². The smallest absolute Gasteiger partial charge is 0.167 e. The maximum Gasteiger partial charge on any atom is 0.167 e. The van der Waals surface area contributed by atoms with Gasteiger partial charge in [0.05, 0.1) is 7.11 Å². The van der Waals surface area contributed by atoms with Gasteiger partial charge in [-0.1, -0.05) is 30.3 Å². The first-order valence-corrected chi connectivity index (χ1v) is 7.25. The van der Waals surface area contributed by atoms with E-state index in [4.69, 9.17) is 4.74 Å². The van der Waals surface area contributed by atoms with Gasteiger partial charge in [0.15, 0.2) is 5.78 Å². The van der Waals surface area contributed by atoms with Gasteiger partial charge in [-0.15, -0.1) is 0 Å². The maximum absolute atomic E-state index is 12.6. The van der Waals surface area contributed by atoms with Crippen LogP contribution in [0.2, 0.25) is 0 Å². The molecule has 1 aliphatic rings. The summed E-state index contributed by atoms with van der Waals surface area (Å²) in [7, 11) is 1.64. The fourth-order valence-electron chi connectivity index (χ4n) is 2.86. The van der Waals surface area contributed by atoms with Crippen LogP contribution in [0.15, 0.2) is 42.5 Å². The highest BCUT2D eigenvalue weighted by molar-refractivity contribution is 5.99. The van der Waals surface area contributed by atoms with E-state index in [2.05, 4.69) is 11.4 Å². The number of hydrogen-bond acceptors (Lipinski definition) is 3. The highest BCUT2D eigenvalue weighted by atomic mass is 16.5. The standard InChI is InChI=1S/C18H19NO2/c1-21-15-6-2-4-13(10-15)11-18(20)17-7-3-5-14-12-19-9-8-16(14)17/h2-7,10,19H,8-9,11-12H2,1H3. The largest absolute Gasteiger partial charge is 0.497 e. The number of Topliss-reactive ketones (excluding diaryl/α,β-unsaturated/α-hetero) is 1. The number of benzene rings is 2. The van der Waals surface area contributed by atoms with Gasteiger partial charge in [-0.2, -0.15) is 0 Å². The summed E-state index contributed by atoms with van der Waals surface area (Å²) >= 11 is 0. The molecule has 0 aromatic heterocycles. The van der Waals surface area contributed by atoms with E-state index in [9.17, 15) is 4.79 Å². The zero-order valence-electron chi connectivity index (χ0n) is 12.2. The average Bonchev–Trinajstić information content (AvgIpc) is 2.54. The summed E-state index contributed by atoms with van der Waals surface area (Å²) in [6.07, 6.45) is 1.34. The molecule has 1 heterocycles. The summed E-state index contributed by atoms with van der Waals surface area (Å²) in [5.41, 5.74) is 4.32. The molecule has 0 atom stereocenters. The van der Waals surface area contributed by atoms with E-state index < -0.39 is 0 Å². The molecule has 3 heteroatoms. The molecule has 0 spiro atoms. The normalized spacial score (nSPS) is 13.6. The second kappa shape index (κ2) is 6.10. The lowest BCUT2D eigenvalue weighted by molar-refractivity contribution is 0.0992. The summed E-state index contributed by atoms with van der Waals surface area (Å²) in [5.74, 6) is 0.974. The molecule has 0 saturated carbocycles. The Bertz CT molecular complexity index is 664. The number of ketones is 1. The molecule has 2 aromatic carbocycles. The Morgan fingerprint density at radius 3 is 2.95 bits per heavy atom. The van der Waals surface area contributed by atoms with E-state index in [1.165, 1.54) is 11.1 Å². The van der Waals surface area contributed by atoms with Crippen LogP contribution in [0.4, 0.5) is 0 Å². The van der Waals surface area contributed by atoms with E-state index in [1.54, 1.807) is 7.11 Å². The summed E-state index contributed by atoms with van der Waals surface area (Å²) in [6.45, 7) is 1.80. The number of nitrogens with one attached hydrogen (secondary N) is 1. The van der Waals surface area contributed by atoms with E-state index in [-0.39, 0.29) is 5.78 Å². The predicted molar refractivity (Wildman–Crippen MR) is 82.9 cm³/mol. The van der Waals surface area contributed by atoms with Gasteiger partial charge in [0.1, 0.15) is 5.75 Å². The van der Waals surface area contributed by atoms with E-state index in [1.807, 2.05) is 36.4 Å². The molecule has 3 rings (SSSR count). The summed E-state index contributed by atoms with van der Waals surface area (Å²) in [4.78, 5) is 12.6. The molecule has 0 fully saturated rings. The molecule has 2 aromatic rings. The van der Waals surface area contributed by atoms with E-state index >= 15 is 0 Å².